The maximum absolute atomic E-state index is 8.68. The number of nitrogens with zero attached hydrogens (tertiary/aromatic N) is 2. The maximum atomic E-state index is 8.68. The molecule has 7 heteroatoms. The first-order valence-corrected chi connectivity index (χ1v) is 6.08. The standard InChI is InChI=1S/C10H9Br2N5/c1-5-2-7(12)8(3-6(5)11)16-17-9(4-13)10(14)15/h2-3,16H,1H3,(H3,14,15)/b17-9+. The number of amidine groups is 1. The van der Waals surface area contributed by atoms with Gasteiger partial charge in [-0.3, -0.25) is 10.8 Å². The van der Waals surface area contributed by atoms with E-state index in [4.69, 9.17) is 16.4 Å². The van der Waals surface area contributed by atoms with Gasteiger partial charge in [-0.1, -0.05) is 15.9 Å². The van der Waals surface area contributed by atoms with Crippen LogP contribution < -0.4 is 11.2 Å². The summed E-state index contributed by atoms with van der Waals surface area (Å²) in [7, 11) is 0. The Morgan fingerprint density at radius 1 is 1.47 bits per heavy atom. The molecule has 0 aromatic heterocycles. The molecule has 0 saturated carbocycles. The summed E-state index contributed by atoms with van der Waals surface area (Å²) < 4.78 is 1.72. The Kier molecular flexibility index (Phi) is 4.66. The molecule has 1 aromatic carbocycles. The fraction of sp³-hybridized carbons (Fsp3) is 0.100. The lowest BCUT2D eigenvalue weighted by Crippen LogP contribution is -2.21. The van der Waals surface area contributed by atoms with Gasteiger partial charge in [0.15, 0.2) is 5.84 Å². The Balaban J connectivity index is 3.01. The van der Waals surface area contributed by atoms with Gasteiger partial charge >= 0.3 is 0 Å². The molecule has 1 rings (SSSR count). The number of nitriles is 1. The lowest BCUT2D eigenvalue weighted by Gasteiger charge is -2.07. The van der Waals surface area contributed by atoms with E-state index in [0.29, 0.717) is 5.69 Å². The van der Waals surface area contributed by atoms with Crippen molar-refractivity contribution in [2.24, 2.45) is 10.8 Å². The van der Waals surface area contributed by atoms with Gasteiger partial charge in [0.1, 0.15) is 6.07 Å². The normalized spacial score (nSPS) is 10.8. The molecule has 0 fully saturated rings. The summed E-state index contributed by atoms with van der Waals surface area (Å²) in [6, 6.07) is 5.45. The molecular weight excluding hydrogens is 350 g/mol. The van der Waals surface area contributed by atoms with Crippen molar-refractivity contribution < 1.29 is 0 Å². The highest BCUT2D eigenvalue weighted by Gasteiger charge is 2.05. The van der Waals surface area contributed by atoms with Gasteiger partial charge in [-0.25, -0.2) is 0 Å². The molecule has 0 radical (unpaired) electrons. The highest BCUT2D eigenvalue weighted by atomic mass is 79.9. The van der Waals surface area contributed by atoms with Crippen molar-refractivity contribution in [2.75, 3.05) is 5.43 Å². The first-order chi connectivity index (χ1) is 7.95. The van der Waals surface area contributed by atoms with Crippen LogP contribution in [0.15, 0.2) is 26.2 Å². The molecule has 0 unspecified atom stereocenters. The lowest BCUT2D eigenvalue weighted by atomic mass is 10.2. The van der Waals surface area contributed by atoms with Gasteiger partial charge < -0.3 is 5.73 Å². The van der Waals surface area contributed by atoms with Gasteiger partial charge in [-0.15, -0.1) is 0 Å². The molecule has 0 amide bonds. The van der Waals surface area contributed by atoms with Crippen LogP contribution in [-0.4, -0.2) is 11.5 Å². The predicted octanol–water partition coefficient (Wildman–Crippen LogP) is 2.75. The van der Waals surface area contributed by atoms with Crippen LogP contribution in [0.1, 0.15) is 5.56 Å². The highest BCUT2D eigenvalue weighted by Crippen LogP contribution is 2.29. The predicted molar refractivity (Wildman–Crippen MR) is 75.2 cm³/mol. The Morgan fingerprint density at radius 2 is 2.12 bits per heavy atom. The molecule has 0 saturated heterocycles. The summed E-state index contributed by atoms with van der Waals surface area (Å²) in [6.45, 7) is 1.96. The second-order valence-electron chi connectivity index (χ2n) is 3.18. The topological polar surface area (TPSA) is 98.0 Å². The molecule has 0 aliphatic rings. The summed E-state index contributed by atoms with van der Waals surface area (Å²) in [6.07, 6.45) is 0. The quantitative estimate of drug-likeness (QED) is 0.440. The first-order valence-electron chi connectivity index (χ1n) is 4.49. The van der Waals surface area contributed by atoms with E-state index in [9.17, 15) is 0 Å². The van der Waals surface area contributed by atoms with Crippen LogP contribution >= 0.6 is 31.9 Å². The Bertz CT molecular complexity index is 530. The molecule has 0 atom stereocenters. The average Bonchev–Trinajstić information content (AvgIpc) is 2.25. The second-order valence-corrected chi connectivity index (χ2v) is 4.89. The maximum Gasteiger partial charge on any atom is 0.201 e. The van der Waals surface area contributed by atoms with Crippen LogP contribution in [0, 0.1) is 23.7 Å². The van der Waals surface area contributed by atoms with E-state index in [1.165, 1.54) is 0 Å². The first kappa shape index (κ1) is 13.7. The summed E-state index contributed by atoms with van der Waals surface area (Å²) in [5.74, 6) is -0.373. The number of nitrogens with one attached hydrogen (secondary N) is 2. The van der Waals surface area contributed by atoms with Crippen LogP contribution in [-0.2, 0) is 0 Å². The van der Waals surface area contributed by atoms with E-state index < -0.39 is 0 Å². The number of hydrogen-bond donors (Lipinski definition) is 3. The van der Waals surface area contributed by atoms with Crippen molar-refractivity contribution >= 4 is 49.1 Å². The molecule has 0 aliphatic heterocycles. The molecule has 0 aliphatic carbocycles. The molecule has 4 N–H and O–H groups in total. The zero-order chi connectivity index (χ0) is 13.0. The number of hydrazone groups is 1. The van der Waals surface area contributed by atoms with Crippen LogP contribution in [0.3, 0.4) is 0 Å². The zero-order valence-corrected chi connectivity index (χ0v) is 12.1. The van der Waals surface area contributed by atoms with E-state index >= 15 is 0 Å². The van der Waals surface area contributed by atoms with Crippen LogP contribution in [0.2, 0.25) is 0 Å². The molecule has 88 valence electrons. The van der Waals surface area contributed by atoms with Crippen molar-refractivity contribution in [3.05, 3.63) is 26.6 Å². The Hall–Kier alpha value is -1.39. The van der Waals surface area contributed by atoms with Crippen molar-refractivity contribution in [1.82, 2.24) is 0 Å². The third-order valence-corrected chi connectivity index (χ3v) is 3.41. The average molecular weight is 359 g/mol. The lowest BCUT2D eigenvalue weighted by molar-refractivity contribution is 1.30. The van der Waals surface area contributed by atoms with Gasteiger partial charge in [-0.2, -0.15) is 10.4 Å². The number of rotatable bonds is 3. The molecule has 17 heavy (non-hydrogen) atoms. The van der Waals surface area contributed by atoms with Gasteiger partial charge in [0, 0.05) is 8.95 Å². The molecule has 0 spiro atoms. The Labute approximate surface area is 115 Å². The largest absolute Gasteiger partial charge is 0.382 e. The van der Waals surface area contributed by atoms with E-state index in [1.807, 2.05) is 19.1 Å². The smallest absolute Gasteiger partial charge is 0.201 e. The molecule has 0 bridgehead atoms. The summed E-state index contributed by atoms with van der Waals surface area (Å²) in [5, 5.41) is 19.5. The number of hydrogen-bond acceptors (Lipinski definition) is 4. The van der Waals surface area contributed by atoms with Gasteiger partial charge in [-0.05, 0) is 40.5 Å². The van der Waals surface area contributed by atoms with Crippen LogP contribution in [0.4, 0.5) is 5.69 Å². The van der Waals surface area contributed by atoms with Gasteiger partial charge in [0.2, 0.25) is 5.71 Å². The van der Waals surface area contributed by atoms with Crippen molar-refractivity contribution in [2.45, 2.75) is 6.92 Å². The zero-order valence-electron chi connectivity index (χ0n) is 8.88. The van der Waals surface area contributed by atoms with E-state index in [0.717, 1.165) is 14.5 Å². The third kappa shape index (κ3) is 3.54. The van der Waals surface area contributed by atoms with E-state index in [-0.39, 0.29) is 11.5 Å². The van der Waals surface area contributed by atoms with Crippen LogP contribution in [0.5, 0.6) is 0 Å². The minimum absolute atomic E-state index is 0.159. The number of aryl methyl sites for hydroxylation is 1. The fourth-order valence-corrected chi connectivity index (χ4v) is 1.88. The van der Waals surface area contributed by atoms with Crippen molar-refractivity contribution in [3.63, 3.8) is 0 Å². The second kappa shape index (κ2) is 5.80. The number of anilines is 1. The number of benzene rings is 1. The number of nitrogens with two attached hydrogens (primary N) is 1. The summed E-state index contributed by atoms with van der Waals surface area (Å²) in [4.78, 5) is 0. The monoisotopic (exact) mass is 357 g/mol. The molecule has 1 aromatic rings. The highest BCUT2D eigenvalue weighted by molar-refractivity contribution is 9.11. The number of halogens is 2. The van der Waals surface area contributed by atoms with E-state index in [2.05, 4.69) is 42.4 Å². The van der Waals surface area contributed by atoms with Gasteiger partial charge in [0.05, 0.1) is 5.69 Å². The summed E-state index contributed by atoms with van der Waals surface area (Å²) >= 11 is 6.76. The van der Waals surface area contributed by atoms with Gasteiger partial charge in [0.25, 0.3) is 0 Å². The minimum atomic E-state index is -0.373. The van der Waals surface area contributed by atoms with Crippen molar-refractivity contribution in [3.8, 4) is 6.07 Å². The van der Waals surface area contributed by atoms with Crippen molar-refractivity contribution in [1.29, 1.82) is 10.7 Å². The SMILES string of the molecule is Cc1cc(Br)c(N/N=C(\C#N)C(=N)N)cc1Br. The molecule has 5 nitrogen and oxygen atoms in total. The Morgan fingerprint density at radius 3 is 2.65 bits per heavy atom. The molecule has 0 heterocycles. The minimum Gasteiger partial charge on any atom is -0.382 e. The fourth-order valence-electron chi connectivity index (χ4n) is 0.994. The molecular formula is C10H9Br2N5. The van der Waals surface area contributed by atoms with Crippen LogP contribution in [0.25, 0.3) is 0 Å². The summed E-state index contributed by atoms with van der Waals surface area (Å²) in [5.41, 5.74) is 9.44. The third-order valence-electron chi connectivity index (χ3n) is 1.90. The van der Waals surface area contributed by atoms with E-state index in [1.54, 1.807) is 6.07 Å².